The first kappa shape index (κ1) is 26.2. The van der Waals surface area contributed by atoms with E-state index in [1.54, 1.807) is 11.0 Å². The van der Waals surface area contributed by atoms with Gasteiger partial charge in [0.1, 0.15) is 5.69 Å². The van der Waals surface area contributed by atoms with E-state index in [-0.39, 0.29) is 36.2 Å². The van der Waals surface area contributed by atoms with Gasteiger partial charge in [0, 0.05) is 25.6 Å². The summed E-state index contributed by atoms with van der Waals surface area (Å²) in [5, 5.41) is 21.5. The number of benzene rings is 4. The lowest BCUT2D eigenvalue weighted by Crippen LogP contribution is -2.47. The van der Waals surface area contributed by atoms with E-state index in [0.717, 1.165) is 34.0 Å². The average Bonchev–Trinajstić information content (AvgIpc) is 2.95. The maximum absolute atomic E-state index is 15.0. The molecule has 1 saturated heterocycles. The Kier molecular flexibility index (Phi) is 7.47. The number of carbonyl (C=O) groups is 1. The molecule has 0 radical (unpaired) electrons. The van der Waals surface area contributed by atoms with E-state index in [2.05, 4.69) is 0 Å². The number of hydrogen-bond acceptors (Lipinski definition) is 3. The highest BCUT2D eigenvalue weighted by Crippen LogP contribution is 2.39. The Morgan fingerprint density at radius 1 is 1.05 bits per heavy atom. The molecular formula is C32H29F2N3O2. The van der Waals surface area contributed by atoms with Gasteiger partial charge in [0.15, 0.2) is 11.6 Å². The number of piperidine rings is 1. The molecule has 1 aliphatic heterocycles. The molecule has 198 valence electrons. The first-order valence-corrected chi connectivity index (χ1v) is 13.0. The van der Waals surface area contributed by atoms with Gasteiger partial charge in [-0.25, -0.2) is 13.6 Å². The van der Waals surface area contributed by atoms with Gasteiger partial charge in [-0.05, 0) is 53.3 Å². The lowest BCUT2D eigenvalue weighted by atomic mass is 9.79. The second-order valence-corrected chi connectivity index (χ2v) is 10.1. The molecule has 1 amide bonds. The highest BCUT2D eigenvalue weighted by atomic mass is 19.1. The number of carboxylic acid groups (broad SMARTS) is 1. The molecule has 4 aromatic carbocycles. The zero-order valence-electron chi connectivity index (χ0n) is 21.6. The Bertz CT molecular complexity index is 1510. The average molecular weight is 526 g/mol. The Morgan fingerprint density at radius 2 is 1.72 bits per heavy atom. The fraction of sp³-hybridized carbons (Fsp3) is 0.250. The van der Waals surface area contributed by atoms with Crippen LogP contribution in [0.2, 0.25) is 0 Å². The van der Waals surface area contributed by atoms with Crippen molar-refractivity contribution in [3.63, 3.8) is 0 Å². The van der Waals surface area contributed by atoms with Crippen molar-refractivity contribution in [2.24, 2.45) is 5.92 Å². The number of hydrogen-bond donors (Lipinski definition) is 1. The van der Waals surface area contributed by atoms with E-state index < -0.39 is 23.8 Å². The van der Waals surface area contributed by atoms with Crippen molar-refractivity contribution in [1.29, 1.82) is 5.26 Å². The van der Waals surface area contributed by atoms with Crippen molar-refractivity contribution in [2.45, 2.75) is 25.3 Å². The number of nitrogens with zero attached hydrogens (tertiary/aromatic N) is 3. The summed E-state index contributed by atoms with van der Waals surface area (Å²) in [6, 6.07) is 27.1. The van der Waals surface area contributed by atoms with Crippen molar-refractivity contribution >= 4 is 22.6 Å². The predicted octanol–water partition coefficient (Wildman–Crippen LogP) is 7.34. The Hall–Kier alpha value is -4.44. The maximum Gasteiger partial charge on any atom is 0.407 e. The fourth-order valence-corrected chi connectivity index (χ4v) is 5.93. The van der Waals surface area contributed by atoms with Crippen molar-refractivity contribution in [1.82, 2.24) is 4.90 Å². The summed E-state index contributed by atoms with van der Waals surface area (Å²) in [5.74, 6) is -1.80. The third-order valence-corrected chi connectivity index (χ3v) is 7.84. The molecule has 0 bridgehead atoms. The number of halogens is 2. The summed E-state index contributed by atoms with van der Waals surface area (Å²) in [7, 11) is 0. The van der Waals surface area contributed by atoms with Crippen LogP contribution in [0.15, 0.2) is 84.9 Å². The number of rotatable bonds is 6. The molecule has 0 spiro atoms. The van der Waals surface area contributed by atoms with Crippen molar-refractivity contribution < 1.29 is 18.7 Å². The minimum atomic E-state index is -1.05. The SMILES string of the molecule is C[C@H](c1cccc2ccccc12)N(CC1CN(c2c(F)cc(C#N)cc2F)CCC1c1ccccc1)C(=O)O. The van der Waals surface area contributed by atoms with Crippen LogP contribution in [-0.4, -0.2) is 35.7 Å². The molecule has 5 rings (SSSR count). The monoisotopic (exact) mass is 525 g/mol. The Morgan fingerprint density at radius 3 is 2.41 bits per heavy atom. The lowest BCUT2D eigenvalue weighted by Gasteiger charge is -2.42. The maximum atomic E-state index is 15.0. The van der Waals surface area contributed by atoms with Gasteiger partial charge >= 0.3 is 6.09 Å². The molecule has 1 heterocycles. The summed E-state index contributed by atoms with van der Waals surface area (Å²) < 4.78 is 30.0. The van der Waals surface area contributed by atoms with E-state index in [1.807, 2.05) is 79.7 Å². The number of fused-ring (bicyclic) bond motifs is 1. The summed E-state index contributed by atoms with van der Waals surface area (Å²) in [4.78, 5) is 15.8. The molecule has 1 N–H and O–H groups in total. The summed E-state index contributed by atoms with van der Waals surface area (Å²) in [5.41, 5.74) is 1.73. The largest absolute Gasteiger partial charge is 0.465 e. The molecule has 0 saturated carbocycles. The predicted molar refractivity (Wildman–Crippen MR) is 148 cm³/mol. The van der Waals surface area contributed by atoms with Crippen LogP contribution in [0.3, 0.4) is 0 Å². The molecule has 0 aromatic heterocycles. The second-order valence-electron chi connectivity index (χ2n) is 10.1. The van der Waals surface area contributed by atoms with E-state index in [1.165, 1.54) is 4.90 Å². The molecule has 1 fully saturated rings. The molecule has 1 aliphatic rings. The van der Waals surface area contributed by atoms with E-state index in [4.69, 9.17) is 5.26 Å². The quantitative estimate of drug-likeness (QED) is 0.286. The highest BCUT2D eigenvalue weighted by molar-refractivity contribution is 5.86. The highest BCUT2D eigenvalue weighted by Gasteiger charge is 2.36. The van der Waals surface area contributed by atoms with Crippen molar-refractivity contribution in [3.8, 4) is 6.07 Å². The third-order valence-electron chi connectivity index (χ3n) is 7.84. The standard InChI is InChI=1S/C32H29F2N3O2/c1-21(26-13-7-11-24-10-5-6-12-28(24)26)37(32(38)39)20-25-19-36(15-14-27(25)23-8-3-2-4-9-23)31-29(33)16-22(18-35)17-30(31)34/h2-13,16-17,21,25,27H,14-15,19-20H2,1H3,(H,38,39)/t21-,25?,27?/m1/s1. The van der Waals surface area contributed by atoms with Crippen LogP contribution in [0.1, 0.15) is 42.0 Å². The van der Waals surface area contributed by atoms with Crippen LogP contribution in [0.25, 0.3) is 10.8 Å². The number of anilines is 1. The topological polar surface area (TPSA) is 67.6 Å². The van der Waals surface area contributed by atoms with Gasteiger partial charge in [-0.15, -0.1) is 0 Å². The molecule has 2 unspecified atom stereocenters. The van der Waals surface area contributed by atoms with Crippen LogP contribution >= 0.6 is 0 Å². The summed E-state index contributed by atoms with van der Waals surface area (Å²) in [6.45, 7) is 2.75. The van der Waals surface area contributed by atoms with Gasteiger partial charge in [-0.1, -0.05) is 72.8 Å². The van der Waals surface area contributed by atoms with Crippen molar-refractivity contribution in [2.75, 3.05) is 24.5 Å². The minimum Gasteiger partial charge on any atom is -0.465 e. The molecule has 7 heteroatoms. The Balaban J connectivity index is 1.50. The first-order valence-electron chi connectivity index (χ1n) is 13.0. The molecular weight excluding hydrogens is 496 g/mol. The molecule has 39 heavy (non-hydrogen) atoms. The van der Waals surface area contributed by atoms with E-state index in [9.17, 15) is 18.7 Å². The van der Waals surface area contributed by atoms with E-state index >= 15 is 0 Å². The van der Waals surface area contributed by atoms with Gasteiger partial charge in [0.25, 0.3) is 0 Å². The van der Waals surface area contributed by atoms with Crippen LogP contribution in [-0.2, 0) is 0 Å². The molecule has 4 aromatic rings. The fourth-order valence-electron chi connectivity index (χ4n) is 5.93. The zero-order chi connectivity index (χ0) is 27.5. The third kappa shape index (κ3) is 5.28. The normalized spacial score (nSPS) is 17.9. The smallest absolute Gasteiger partial charge is 0.407 e. The van der Waals surface area contributed by atoms with Crippen LogP contribution in [0.4, 0.5) is 19.3 Å². The molecule has 3 atom stereocenters. The zero-order valence-corrected chi connectivity index (χ0v) is 21.6. The van der Waals surface area contributed by atoms with Gasteiger partial charge < -0.3 is 14.9 Å². The van der Waals surface area contributed by atoms with Gasteiger partial charge in [0.2, 0.25) is 0 Å². The number of nitriles is 1. The molecule has 5 nitrogen and oxygen atoms in total. The summed E-state index contributed by atoms with van der Waals surface area (Å²) in [6.07, 6.45) is -0.445. The van der Waals surface area contributed by atoms with Crippen LogP contribution in [0, 0.1) is 28.9 Å². The lowest BCUT2D eigenvalue weighted by molar-refractivity contribution is 0.112. The second kappa shape index (κ2) is 11.1. The van der Waals surface area contributed by atoms with Gasteiger partial charge in [-0.3, -0.25) is 0 Å². The van der Waals surface area contributed by atoms with Crippen LogP contribution in [0.5, 0.6) is 0 Å². The molecule has 0 aliphatic carbocycles. The van der Waals surface area contributed by atoms with Crippen LogP contribution < -0.4 is 4.90 Å². The van der Waals surface area contributed by atoms with Gasteiger partial charge in [0.05, 0.1) is 17.7 Å². The number of amides is 1. The van der Waals surface area contributed by atoms with Crippen molar-refractivity contribution in [3.05, 3.63) is 113 Å². The minimum absolute atomic E-state index is 0.00789. The first-order chi connectivity index (χ1) is 18.9. The van der Waals surface area contributed by atoms with E-state index in [0.29, 0.717) is 13.0 Å². The summed E-state index contributed by atoms with van der Waals surface area (Å²) >= 11 is 0. The Labute approximate surface area is 226 Å². The van der Waals surface area contributed by atoms with Gasteiger partial charge in [-0.2, -0.15) is 5.26 Å².